The molecule has 212 valence electrons. The van der Waals surface area contributed by atoms with Crippen molar-refractivity contribution < 1.29 is 19.1 Å². The Labute approximate surface area is 248 Å². The first-order valence-corrected chi connectivity index (χ1v) is 14.5. The standard InChI is InChI=1S/C34H30FN3O3S/c35-29-17-15-27(16-18-29)31-23-42-34(37-31)38(20-19-24-7-3-1-4-8-24)22-26-11-13-28(14-12-26)32(39)36-30(33(40)41)21-25-9-5-2-6-10-25/h1-18,23,30H,19-22H2,(H,36,39)(H,40,41). The second kappa shape index (κ2) is 13.7. The Balaban J connectivity index is 1.29. The van der Waals surface area contributed by atoms with Crippen molar-refractivity contribution in [3.63, 3.8) is 0 Å². The summed E-state index contributed by atoms with van der Waals surface area (Å²) in [5.41, 5.74) is 5.06. The number of carbonyl (C=O) groups excluding carboxylic acids is 1. The number of halogens is 1. The Morgan fingerprint density at radius 1 is 0.833 bits per heavy atom. The van der Waals surface area contributed by atoms with Gasteiger partial charge in [-0.05, 0) is 59.5 Å². The number of benzene rings is 4. The lowest BCUT2D eigenvalue weighted by atomic mass is 10.0. The Morgan fingerprint density at radius 3 is 2.12 bits per heavy atom. The molecule has 6 nitrogen and oxygen atoms in total. The van der Waals surface area contributed by atoms with Crippen LogP contribution < -0.4 is 10.2 Å². The molecule has 0 aliphatic rings. The number of anilines is 1. The molecule has 0 saturated heterocycles. The summed E-state index contributed by atoms with van der Waals surface area (Å²) in [7, 11) is 0. The molecule has 42 heavy (non-hydrogen) atoms. The summed E-state index contributed by atoms with van der Waals surface area (Å²) in [5, 5.41) is 15.1. The van der Waals surface area contributed by atoms with Crippen molar-refractivity contribution in [1.82, 2.24) is 10.3 Å². The molecule has 0 spiro atoms. The summed E-state index contributed by atoms with van der Waals surface area (Å²) in [5.74, 6) is -1.80. The van der Waals surface area contributed by atoms with Crippen molar-refractivity contribution in [3.8, 4) is 11.3 Å². The third kappa shape index (κ3) is 7.67. The topological polar surface area (TPSA) is 82.5 Å². The number of thiazole rings is 1. The molecule has 0 fully saturated rings. The molecule has 0 aliphatic heterocycles. The van der Waals surface area contributed by atoms with Gasteiger partial charge in [-0.2, -0.15) is 0 Å². The molecule has 1 unspecified atom stereocenters. The van der Waals surface area contributed by atoms with Crippen LogP contribution in [0.2, 0.25) is 0 Å². The van der Waals surface area contributed by atoms with Gasteiger partial charge in [0.15, 0.2) is 5.13 Å². The maximum absolute atomic E-state index is 13.4. The Kier molecular flexibility index (Phi) is 9.36. The smallest absolute Gasteiger partial charge is 0.326 e. The lowest BCUT2D eigenvalue weighted by Crippen LogP contribution is -2.42. The number of hydrogen-bond donors (Lipinski definition) is 2. The average Bonchev–Trinajstić information content (AvgIpc) is 3.51. The number of nitrogens with one attached hydrogen (secondary N) is 1. The fraction of sp³-hybridized carbons (Fsp3) is 0.147. The number of nitrogens with zero attached hydrogens (tertiary/aromatic N) is 2. The van der Waals surface area contributed by atoms with Crippen molar-refractivity contribution in [2.24, 2.45) is 0 Å². The second-order valence-electron chi connectivity index (χ2n) is 9.93. The zero-order chi connectivity index (χ0) is 29.3. The first kappa shape index (κ1) is 28.7. The minimum atomic E-state index is -1.08. The van der Waals surface area contributed by atoms with Crippen LogP contribution in [0.15, 0.2) is 115 Å². The highest BCUT2D eigenvalue weighted by molar-refractivity contribution is 7.14. The van der Waals surface area contributed by atoms with Gasteiger partial charge >= 0.3 is 5.97 Å². The summed E-state index contributed by atoms with van der Waals surface area (Å²) in [6, 6.07) is 31.9. The van der Waals surface area contributed by atoms with E-state index in [9.17, 15) is 19.1 Å². The van der Waals surface area contributed by atoms with E-state index in [1.54, 1.807) is 24.3 Å². The van der Waals surface area contributed by atoms with E-state index in [4.69, 9.17) is 4.98 Å². The lowest BCUT2D eigenvalue weighted by Gasteiger charge is -2.22. The van der Waals surface area contributed by atoms with Crippen LogP contribution in [0, 0.1) is 5.82 Å². The number of hydrogen-bond acceptors (Lipinski definition) is 5. The molecule has 4 aromatic carbocycles. The molecule has 0 saturated carbocycles. The van der Waals surface area contributed by atoms with E-state index in [0.29, 0.717) is 12.1 Å². The van der Waals surface area contributed by atoms with Crippen molar-refractivity contribution in [1.29, 1.82) is 0 Å². The van der Waals surface area contributed by atoms with Crippen LogP contribution in [0.1, 0.15) is 27.0 Å². The molecule has 0 bridgehead atoms. The van der Waals surface area contributed by atoms with Crippen LogP contribution in [0.5, 0.6) is 0 Å². The Bertz CT molecular complexity index is 1610. The first-order chi connectivity index (χ1) is 20.4. The molecular formula is C34H30FN3O3S. The van der Waals surface area contributed by atoms with Crippen LogP contribution in [0.4, 0.5) is 9.52 Å². The number of carboxylic acid groups (broad SMARTS) is 1. The lowest BCUT2D eigenvalue weighted by molar-refractivity contribution is -0.139. The van der Waals surface area contributed by atoms with Gasteiger partial charge in [-0.1, -0.05) is 72.8 Å². The van der Waals surface area contributed by atoms with Crippen molar-refractivity contribution in [2.45, 2.75) is 25.4 Å². The van der Waals surface area contributed by atoms with E-state index in [1.807, 2.05) is 66.0 Å². The van der Waals surface area contributed by atoms with Gasteiger partial charge in [-0.3, -0.25) is 4.79 Å². The van der Waals surface area contributed by atoms with E-state index in [2.05, 4.69) is 22.3 Å². The molecule has 1 heterocycles. The molecule has 0 radical (unpaired) electrons. The number of aromatic nitrogens is 1. The van der Waals surface area contributed by atoms with E-state index in [-0.39, 0.29) is 12.2 Å². The average molecular weight is 580 g/mol. The molecule has 2 N–H and O–H groups in total. The highest BCUT2D eigenvalue weighted by Gasteiger charge is 2.21. The quantitative estimate of drug-likeness (QED) is 0.174. The fourth-order valence-corrected chi connectivity index (χ4v) is 5.45. The van der Waals surface area contributed by atoms with Crippen LogP contribution >= 0.6 is 11.3 Å². The third-order valence-electron chi connectivity index (χ3n) is 6.89. The summed E-state index contributed by atoms with van der Waals surface area (Å²) in [6.45, 7) is 1.29. The molecule has 5 aromatic rings. The Hall–Kier alpha value is -4.82. The number of rotatable bonds is 12. The van der Waals surface area contributed by atoms with Crippen molar-refractivity contribution >= 4 is 28.3 Å². The maximum atomic E-state index is 13.4. The van der Waals surface area contributed by atoms with Gasteiger partial charge in [0.25, 0.3) is 5.91 Å². The molecule has 1 amide bonds. The Morgan fingerprint density at radius 2 is 1.48 bits per heavy atom. The normalized spacial score (nSPS) is 11.5. The largest absolute Gasteiger partial charge is 0.480 e. The van der Waals surface area contributed by atoms with E-state index in [1.165, 1.54) is 29.0 Å². The number of carboxylic acids is 1. The monoisotopic (exact) mass is 579 g/mol. The highest BCUT2D eigenvalue weighted by atomic mass is 32.1. The SMILES string of the molecule is O=C(NC(Cc1ccccc1)C(=O)O)c1ccc(CN(CCc2ccccc2)c2nc(-c3ccc(F)cc3)cs2)cc1. The van der Waals surface area contributed by atoms with Gasteiger partial charge in [0, 0.05) is 36.0 Å². The van der Waals surface area contributed by atoms with Crippen LogP contribution in [0.3, 0.4) is 0 Å². The van der Waals surface area contributed by atoms with E-state index < -0.39 is 17.9 Å². The highest BCUT2D eigenvalue weighted by Crippen LogP contribution is 2.29. The van der Waals surface area contributed by atoms with Crippen molar-refractivity contribution in [3.05, 3.63) is 143 Å². The molecule has 1 atom stereocenters. The van der Waals surface area contributed by atoms with Crippen LogP contribution in [-0.4, -0.2) is 34.6 Å². The minimum absolute atomic E-state index is 0.199. The predicted molar refractivity (Wildman–Crippen MR) is 164 cm³/mol. The van der Waals surface area contributed by atoms with Crippen molar-refractivity contribution in [2.75, 3.05) is 11.4 Å². The van der Waals surface area contributed by atoms with Gasteiger partial charge in [-0.15, -0.1) is 11.3 Å². The van der Waals surface area contributed by atoms with Gasteiger partial charge in [0.2, 0.25) is 0 Å². The zero-order valence-electron chi connectivity index (χ0n) is 22.8. The number of amides is 1. The van der Waals surface area contributed by atoms with Crippen LogP contribution in [-0.2, 0) is 24.2 Å². The molecule has 0 aliphatic carbocycles. The predicted octanol–water partition coefficient (Wildman–Crippen LogP) is 6.62. The molecule has 1 aromatic heterocycles. The number of carbonyl (C=O) groups is 2. The second-order valence-corrected chi connectivity index (χ2v) is 10.8. The third-order valence-corrected chi connectivity index (χ3v) is 7.79. The van der Waals surface area contributed by atoms with Gasteiger partial charge in [0.1, 0.15) is 11.9 Å². The fourth-order valence-electron chi connectivity index (χ4n) is 4.59. The maximum Gasteiger partial charge on any atom is 0.326 e. The molecule has 5 rings (SSSR count). The minimum Gasteiger partial charge on any atom is -0.480 e. The van der Waals surface area contributed by atoms with Crippen LogP contribution in [0.25, 0.3) is 11.3 Å². The molecular weight excluding hydrogens is 549 g/mol. The molecule has 8 heteroatoms. The summed E-state index contributed by atoms with van der Waals surface area (Å²) in [4.78, 5) is 31.8. The first-order valence-electron chi connectivity index (χ1n) is 13.6. The van der Waals surface area contributed by atoms with E-state index in [0.717, 1.165) is 40.5 Å². The van der Waals surface area contributed by atoms with Gasteiger partial charge in [0.05, 0.1) is 5.69 Å². The van der Waals surface area contributed by atoms with Gasteiger partial charge < -0.3 is 15.3 Å². The van der Waals surface area contributed by atoms with Gasteiger partial charge in [-0.25, -0.2) is 14.2 Å². The summed E-state index contributed by atoms with van der Waals surface area (Å²) in [6.07, 6.45) is 1.02. The summed E-state index contributed by atoms with van der Waals surface area (Å²) >= 11 is 1.53. The zero-order valence-corrected chi connectivity index (χ0v) is 23.6. The summed E-state index contributed by atoms with van der Waals surface area (Å²) < 4.78 is 13.4. The number of aliphatic carboxylic acids is 1. The van der Waals surface area contributed by atoms with E-state index >= 15 is 0 Å².